The Hall–Kier alpha value is -3.97. The summed E-state index contributed by atoms with van der Waals surface area (Å²) in [4.78, 5) is 26.1. The average Bonchev–Trinajstić information content (AvgIpc) is 3.13. The van der Waals surface area contributed by atoms with Crippen molar-refractivity contribution in [3.8, 4) is 6.07 Å². The molecule has 0 unspecified atom stereocenters. The van der Waals surface area contributed by atoms with Crippen molar-refractivity contribution in [2.24, 2.45) is 0 Å². The van der Waals surface area contributed by atoms with Gasteiger partial charge in [0.2, 0.25) is 11.6 Å². The molecule has 128 valence electrons. The fourth-order valence-corrected chi connectivity index (χ4v) is 3.16. The van der Waals surface area contributed by atoms with Crippen LogP contribution in [0, 0.1) is 11.3 Å². The van der Waals surface area contributed by atoms with Gasteiger partial charge in [0, 0.05) is 11.1 Å². The molecule has 2 heterocycles. The number of rotatable bonds is 4. The van der Waals surface area contributed by atoms with Crippen LogP contribution >= 0.6 is 0 Å². The van der Waals surface area contributed by atoms with E-state index in [0.29, 0.717) is 33.6 Å². The molecule has 0 aliphatic heterocycles. The second-order valence-corrected chi connectivity index (χ2v) is 6.08. The maximum atomic E-state index is 13.1. The van der Waals surface area contributed by atoms with Gasteiger partial charge in [-0.05, 0) is 18.2 Å². The van der Waals surface area contributed by atoms with E-state index >= 15 is 0 Å². The number of fused-ring (bicyclic) bond motifs is 1. The average molecular weight is 350 g/mol. The molecule has 0 aliphatic rings. The number of ketones is 2. The van der Waals surface area contributed by atoms with Crippen molar-refractivity contribution in [1.29, 1.82) is 5.26 Å². The van der Waals surface area contributed by atoms with Crippen molar-refractivity contribution in [3.63, 3.8) is 0 Å². The van der Waals surface area contributed by atoms with Gasteiger partial charge in [-0.3, -0.25) is 9.59 Å². The quantitative estimate of drug-likeness (QED) is 0.516. The molecule has 0 spiro atoms. The molecule has 0 saturated carbocycles. The summed E-state index contributed by atoms with van der Waals surface area (Å²) in [6.07, 6.45) is 0. The molecule has 0 aliphatic carbocycles. The van der Waals surface area contributed by atoms with Gasteiger partial charge < -0.3 is 4.40 Å². The molecule has 0 N–H and O–H groups in total. The third-order valence-electron chi connectivity index (χ3n) is 4.45. The zero-order chi connectivity index (χ0) is 18.8. The smallest absolute Gasteiger partial charge is 0.209 e. The van der Waals surface area contributed by atoms with E-state index in [9.17, 15) is 14.9 Å². The van der Waals surface area contributed by atoms with E-state index in [1.54, 1.807) is 77.2 Å². The fraction of sp³-hybridized carbons (Fsp3) is 0. The highest BCUT2D eigenvalue weighted by atomic mass is 16.1. The standard InChI is InChI=1S/C23H14N2O2/c24-15-18-14-21(23(27)17-10-5-2-6-11-17)25-19(18)12-7-13-20(25)22(26)16-8-3-1-4-9-16/h1-14H. The number of hydrogen-bond acceptors (Lipinski definition) is 3. The molecular formula is C23H14N2O2. The van der Waals surface area contributed by atoms with Crippen LogP contribution in [0.4, 0.5) is 0 Å². The largest absolute Gasteiger partial charge is 0.302 e. The number of nitrogens with zero attached hydrogens (tertiary/aromatic N) is 2. The number of aromatic nitrogens is 1. The number of hydrogen-bond donors (Lipinski definition) is 0. The molecule has 2 aromatic carbocycles. The number of benzene rings is 2. The lowest BCUT2D eigenvalue weighted by Gasteiger charge is -2.09. The predicted octanol–water partition coefficient (Wildman–Crippen LogP) is 4.27. The Bertz CT molecular complexity index is 1200. The second kappa shape index (κ2) is 6.74. The minimum Gasteiger partial charge on any atom is -0.302 e. The summed E-state index contributed by atoms with van der Waals surface area (Å²) in [6, 6.07) is 26.5. The lowest BCUT2D eigenvalue weighted by molar-refractivity contribution is 0.102. The molecule has 4 rings (SSSR count). The SMILES string of the molecule is N#Cc1cc(C(=O)c2ccccc2)n2c(C(=O)c3ccccc3)cccc12. The van der Waals surface area contributed by atoms with E-state index in [2.05, 4.69) is 6.07 Å². The summed E-state index contributed by atoms with van der Waals surface area (Å²) >= 11 is 0. The Morgan fingerprint density at radius 3 is 1.81 bits per heavy atom. The molecule has 4 aromatic rings. The molecule has 0 radical (unpaired) electrons. The van der Waals surface area contributed by atoms with Crippen LogP contribution in [0.15, 0.2) is 84.9 Å². The monoisotopic (exact) mass is 350 g/mol. The van der Waals surface area contributed by atoms with Crippen LogP contribution in [-0.4, -0.2) is 16.0 Å². The summed E-state index contributed by atoms with van der Waals surface area (Å²) in [5.41, 5.74) is 2.57. The highest BCUT2D eigenvalue weighted by molar-refractivity contribution is 6.12. The number of carbonyl (C=O) groups is 2. The number of carbonyl (C=O) groups excluding carboxylic acids is 2. The van der Waals surface area contributed by atoms with E-state index in [4.69, 9.17) is 0 Å². The van der Waals surface area contributed by atoms with Crippen LogP contribution < -0.4 is 0 Å². The van der Waals surface area contributed by atoms with Gasteiger partial charge in [-0.15, -0.1) is 0 Å². The third kappa shape index (κ3) is 2.82. The fourth-order valence-electron chi connectivity index (χ4n) is 3.16. The first-order valence-electron chi connectivity index (χ1n) is 8.45. The van der Waals surface area contributed by atoms with Gasteiger partial charge in [-0.2, -0.15) is 5.26 Å². The summed E-state index contributed by atoms with van der Waals surface area (Å²) < 4.78 is 1.59. The normalized spacial score (nSPS) is 10.5. The second-order valence-electron chi connectivity index (χ2n) is 6.08. The predicted molar refractivity (Wildman–Crippen MR) is 102 cm³/mol. The maximum absolute atomic E-state index is 13.1. The third-order valence-corrected chi connectivity index (χ3v) is 4.45. The van der Waals surface area contributed by atoms with Gasteiger partial charge >= 0.3 is 0 Å². The molecule has 0 amide bonds. The highest BCUT2D eigenvalue weighted by Gasteiger charge is 2.21. The zero-order valence-corrected chi connectivity index (χ0v) is 14.3. The highest BCUT2D eigenvalue weighted by Crippen LogP contribution is 2.23. The topological polar surface area (TPSA) is 62.3 Å². The van der Waals surface area contributed by atoms with Crippen LogP contribution in [0.3, 0.4) is 0 Å². The number of pyridine rings is 1. The van der Waals surface area contributed by atoms with Crippen LogP contribution in [0.2, 0.25) is 0 Å². The van der Waals surface area contributed by atoms with Crippen LogP contribution in [0.25, 0.3) is 5.52 Å². The van der Waals surface area contributed by atoms with E-state index in [1.165, 1.54) is 0 Å². The summed E-state index contributed by atoms with van der Waals surface area (Å²) in [5, 5.41) is 9.49. The number of nitriles is 1. The minimum absolute atomic E-state index is 0.205. The molecule has 0 bridgehead atoms. The maximum Gasteiger partial charge on any atom is 0.209 e. The van der Waals surface area contributed by atoms with Gasteiger partial charge in [0.15, 0.2) is 0 Å². The van der Waals surface area contributed by atoms with Crippen LogP contribution in [0.5, 0.6) is 0 Å². The van der Waals surface area contributed by atoms with Gasteiger partial charge in [0.05, 0.1) is 22.5 Å². The Morgan fingerprint density at radius 1 is 0.704 bits per heavy atom. The van der Waals surface area contributed by atoms with E-state index in [1.807, 2.05) is 12.1 Å². The van der Waals surface area contributed by atoms with Crippen molar-refractivity contribution in [2.75, 3.05) is 0 Å². The molecule has 4 nitrogen and oxygen atoms in total. The molecule has 27 heavy (non-hydrogen) atoms. The van der Waals surface area contributed by atoms with E-state index in [-0.39, 0.29) is 11.6 Å². The lowest BCUT2D eigenvalue weighted by Crippen LogP contribution is -2.13. The molecule has 0 atom stereocenters. The first-order chi connectivity index (χ1) is 13.2. The van der Waals surface area contributed by atoms with Crippen molar-refractivity contribution in [2.45, 2.75) is 0 Å². The Morgan fingerprint density at radius 2 is 1.26 bits per heavy atom. The van der Waals surface area contributed by atoms with Gasteiger partial charge in [-0.25, -0.2) is 0 Å². The summed E-state index contributed by atoms with van der Waals surface area (Å²) in [6.45, 7) is 0. The Kier molecular flexibility index (Phi) is 4.12. The lowest BCUT2D eigenvalue weighted by atomic mass is 10.1. The van der Waals surface area contributed by atoms with Gasteiger partial charge in [-0.1, -0.05) is 66.7 Å². The molecule has 0 fully saturated rings. The zero-order valence-electron chi connectivity index (χ0n) is 14.3. The van der Waals surface area contributed by atoms with Gasteiger partial charge in [0.25, 0.3) is 0 Å². The van der Waals surface area contributed by atoms with Crippen LogP contribution in [-0.2, 0) is 0 Å². The first kappa shape index (κ1) is 16.5. The van der Waals surface area contributed by atoms with Gasteiger partial charge in [0.1, 0.15) is 6.07 Å². The van der Waals surface area contributed by atoms with E-state index in [0.717, 1.165) is 0 Å². The molecular weight excluding hydrogens is 336 g/mol. The Balaban J connectivity index is 1.97. The van der Waals surface area contributed by atoms with Crippen molar-refractivity contribution < 1.29 is 9.59 Å². The van der Waals surface area contributed by atoms with Crippen molar-refractivity contribution in [3.05, 3.63) is 113 Å². The molecule has 2 aromatic heterocycles. The van der Waals surface area contributed by atoms with Crippen LogP contribution in [0.1, 0.15) is 37.7 Å². The molecule has 0 saturated heterocycles. The minimum atomic E-state index is -0.236. The van der Waals surface area contributed by atoms with Crippen molar-refractivity contribution in [1.82, 2.24) is 4.40 Å². The van der Waals surface area contributed by atoms with Crippen molar-refractivity contribution >= 4 is 17.1 Å². The summed E-state index contributed by atoms with van der Waals surface area (Å²) in [5.74, 6) is -0.441. The first-order valence-corrected chi connectivity index (χ1v) is 8.45. The Labute approximate surface area is 155 Å². The summed E-state index contributed by atoms with van der Waals surface area (Å²) in [7, 11) is 0. The molecule has 4 heteroatoms. The van der Waals surface area contributed by atoms with E-state index < -0.39 is 0 Å².